The van der Waals surface area contributed by atoms with Gasteiger partial charge in [-0.05, 0) is 38.1 Å². The molecule has 1 aliphatic carbocycles. The Morgan fingerprint density at radius 2 is 2.13 bits per heavy atom. The van der Waals surface area contributed by atoms with E-state index in [-0.39, 0.29) is 12.6 Å². The highest BCUT2D eigenvalue weighted by Gasteiger charge is 2.52. The fourth-order valence-electron chi connectivity index (χ4n) is 3.17. The first-order chi connectivity index (χ1) is 6.99. The maximum atomic E-state index is 10.8. The molecule has 3 nitrogen and oxygen atoms in total. The Kier molecular flexibility index (Phi) is 2.82. The van der Waals surface area contributed by atoms with E-state index in [1.54, 1.807) is 0 Å². The van der Waals surface area contributed by atoms with Crippen molar-refractivity contribution in [2.24, 2.45) is 11.3 Å². The van der Waals surface area contributed by atoms with Gasteiger partial charge in [-0.2, -0.15) is 0 Å². The maximum absolute atomic E-state index is 10.8. The molecular weight excluding hydrogens is 190 g/mol. The van der Waals surface area contributed by atoms with Gasteiger partial charge in [0, 0.05) is 11.5 Å². The standard InChI is InChI=1S/C12H23NO2/c1-11(2,8-14)12(15)5-3-9-4-6-13-10(12)7-9/h9-10,13-15H,3-8H2,1-2H3. The molecule has 3 N–H and O–H groups in total. The smallest absolute Gasteiger partial charge is 0.0872 e. The normalized spacial score (nSPS) is 41.6. The van der Waals surface area contributed by atoms with E-state index in [4.69, 9.17) is 0 Å². The first-order valence-electron chi connectivity index (χ1n) is 6.06. The minimum Gasteiger partial charge on any atom is -0.396 e. The van der Waals surface area contributed by atoms with Gasteiger partial charge in [0.15, 0.2) is 0 Å². The molecule has 2 bridgehead atoms. The van der Waals surface area contributed by atoms with Crippen molar-refractivity contribution in [2.75, 3.05) is 13.2 Å². The second-order valence-electron chi connectivity index (χ2n) is 5.90. The Hall–Kier alpha value is -0.120. The van der Waals surface area contributed by atoms with Crippen LogP contribution in [0.25, 0.3) is 0 Å². The fourth-order valence-corrected chi connectivity index (χ4v) is 3.17. The first-order valence-corrected chi connectivity index (χ1v) is 6.06. The molecule has 3 unspecified atom stereocenters. The van der Waals surface area contributed by atoms with E-state index in [0.29, 0.717) is 0 Å². The van der Waals surface area contributed by atoms with Crippen LogP contribution in [0.5, 0.6) is 0 Å². The van der Waals surface area contributed by atoms with Gasteiger partial charge in [0.25, 0.3) is 0 Å². The average Bonchev–Trinajstić information content (AvgIpc) is 2.24. The van der Waals surface area contributed by atoms with Crippen molar-refractivity contribution in [1.29, 1.82) is 0 Å². The molecule has 2 rings (SSSR count). The summed E-state index contributed by atoms with van der Waals surface area (Å²) in [6.07, 6.45) is 4.24. The molecule has 2 fully saturated rings. The zero-order valence-electron chi connectivity index (χ0n) is 9.79. The third kappa shape index (κ3) is 1.71. The van der Waals surface area contributed by atoms with Gasteiger partial charge in [0.1, 0.15) is 0 Å². The first kappa shape index (κ1) is 11.4. The SMILES string of the molecule is CC(C)(CO)C1(O)CCC2CCNC1C2. The highest BCUT2D eigenvalue weighted by atomic mass is 16.3. The van der Waals surface area contributed by atoms with Crippen LogP contribution in [-0.2, 0) is 0 Å². The summed E-state index contributed by atoms with van der Waals surface area (Å²) in [5.41, 5.74) is -1.15. The number of nitrogens with one attached hydrogen (secondary N) is 1. The van der Waals surface area contributed by atoms with Crippen LogP contribution in [0.1, 0.15) is 39.5 Å². The van der Waals surface area contributed by atoms with Crippen molar-refractivity contribution < 1.29 is 10.2 Å². The predicted octanol–water partition coefficient (Wildman–Crippen LogP) is 0.898. The van der Waals surface area contributed by atoms with Gasteiger partial charge in [-0.15, -0.1) is 0 Å². The molecule has 88 valence electrons. The Bertz CT molecular complexity index is 242. The van der Waals surface area contributed by atoms with Crippen LogP contribution in [-0.4, -0.2) is 35.0 Å². The molecule has 1 saturated carbocycles. The summed E-state index contributed by atoms with van der Waals surface area (Å²) in [7, 11) is 0. The van der Waals surface area contributed by atoms with E-state index >= 15 is 0 Å². The Morgan fingerprint density at radius 3 is 2.80 bits per heavy atom. The lowest BCUT2D eigenvalue weighted by atomic mass is 9.61. The number of aliphatic hydroxyl groups is 2. The van der Waals surface area contributed by atoms with Gasteiger partial charge in [-0.25, -0.2) is 0 Å². The molecule has 0 aromatic rings. The summed E-state index contributed by atoms with van der Waals surface area (Å²) in [6.45, 7) is 4.98. The molecule has 0 radical (unpaired) electrons. The van der Waals surface area contributed by atoms with Crippen LogP contribution in [0.15, 0.2) is 0 Å². The van der Waals surface area contributed by atoms with Crippen LogP contribution >= 0.6 is 0 Å². The third-order valence-corrected chi connectivity index (χ3v) is 4.59. The number of hydrogen-bond donors (Lipinski definition) is 3. The topological polar surface area (TPSA) is 52.5 Å². The predicted molar refractivity (Wildman–Crippen MR) is 59.6 cm³/mol. The van der Waals surface area contributed by atoms with Crippen molar-refractivity contribution >= 4 is 0 Å². The minimum absolute atomic E-state index is 0.0480. The number of hydrogen-bond acceptors (Lipinski definition) is 3. The van der Waals surface area contributed by atoms with Crippen LogP contribution in [0.4, 0.5) is 0 Å². The lowest BCUT2D eigenvalue weighted by molar-refractivity contribution is -0.146. The highest BCUT2D eigenvalue weighted by molar-refractivity contribution is 5.06. The van der Waals surface area contributed by atoms with Crippen molar-refractivity contribution in [3.05, 3.63) is 0 Å². The second kappa shape index (κ2) is 3.72. The summed E-state index contributed by atoms with van der Waals surface area (Å²) >= 11 is 0. The zero-order valence-corrected chi connectivity index (χ0v) is 9.79. The molecule has 1 heterocycles. The molecule has 0 aromatic carbocycles. The van der Waals surface area contributed by atoms with Gasteiger partial charge < -0.3 is 15.5 Å². The number of piperidine rings is 1. The molecule has 3 heteroatoms. The number of aliphatic hydroxyl groups excluding tert-OH is 1. The van der Waals surface area contributed by atoms with Gasteiger partial charge in [-0.3, -0.25) is 0 Å². The molecule has 2 aliphatic rings. The van der Waals surface area contributed by atoms with E-state index in [0.717, 1.165) is 31.7 Å². The molecule has 0 aromatic heterocycles. The largest absolute Gasteiger partial charge is 0.396 e. The van der Waals surface area contributed by atoms with Gasteiger partial charge >= 0.3 is 0 Å². The van der Waals surface area contributed by atoms with Crippen molar-refractivity contribution in [3.8, 4) is 0 Å². The molecule has 3 atom stereocenters. The van der Waals surface area contributed by atoms with E-state index in [9.17, 15) is 10.2 Å². The Labute approximate surface area is 91.9 Å². The summed E-state index contributed by atoms with van der Waals surface area (Å²) in [5, 5.41) is 23.6. The Balaban J connectivity index is 2.20. The fraction of sp³-hybridized carbons (Fsp3) is 1.00. The van der Waals surface area contributed by atoms with Gasteiger partial charge in [-0.1, -0.05) is 13.8 Å². The van der Waals surface area contributed by atoms with Gasteiger partial charge in [0.05, 0.1) is 12.2 Å². The minimum atomic E-state index is -0.737. The number of rotatable bonds is 2. The summed E-state index contributed by atoms with van der Waals surface area (Å²) in [4.78, 5) is 0. The van der Waals surface area contributed by atoms with Gasteiger partial charge in [0.2, 0.25) is 0 Å². The van der Waals surface area contributed by atoms with Crippen LogP contribution < -0.4 is 5.32 Å². The lowest BCUT2D eigenvalue weighted by Crippen LogP contribution is -2.64. The average molecular weight is 213 g/mol. The molecule has 1 saturated heterocycles. The van der Waals surface area contributed by atoms with Crippen molar-refractivity contribution in [1.82, 2.24) is 5.32 Å². The second-order valence-corrected chi connectivity index (χ2v) is 5.90. The van der Waals surface area contributed by atoms with E-state index < -0.39 is 11.0 Å². The summed E-state index contributed by atoms with van der Waals surface area (Å²) in [6, 6.07) is 0.173. The van der Waals surface area contributed by atoms with E-state index in [1.807, 2.05) is 13.8 Å². The summed E-state index contributed by atoms with van der Waals surface area (Å²) < 4.78 is 0. The highest BCUT2D eigenvalue weighted by Crippen LogP contribution is 2.45. The van der Waals surface area contributed by atoms with Crippen LogP contribution in [0.3, 0.4) is 0 Å². The monoisotopic (exact) mass is 213 g/mol. The van der Waals surface area contributed by atoms with Crippen LogP contribution in [0.2, 0.25) is 0 Å². The molecular formula is C12H23NO2. The lowest BCUT2D eigenvalue weighted by Gasteiger charge is -2.53. The van der Waals surface area contributed by atoms with Crippen LogP contribution in [0, 0.1) is 11.3 Å². The third-order valence-electron chi connectivity index (χ3n) is 4.59. The van der Waals surface area contributed by atoms with Crippen molar-refractivity contribution in [2.45, 2.75) is 51.2 Å². The number of fused-ring (bicyclic) bond motifs is 2. The molecule has 15 heavy (non-hydrogen) atoms. The maximum Gasteiger partial charge on any atom is 0.0872 e. The molecule has 1 aliphatic heterocycles. The molecule has 0 spiro atoms. The van der Waals surface area contributed by atoms with E-state index in [1.165, 1.54) is 6.42 Å². The molecule has 0 amide bonds. The quantitative estimate of drug-likeness (QED) is 0.639. The van der Waals surface area contributed by atoms with E-state index in [2.05, 4.69) is 5.32 Å². The van der Waals surface area contributed by atoms with Crippen molar-refractivity contribution in [3.63, 3.8) is 0 Å². The zero-order chi connectivity index (χ0) is 11.1. The Morgan fingerprint density at radius 1 is 1.40 bits per heavy atom. The summed E-state index contributed by atoms with van der Waals surface area (Å²) in [5.74, 6) is 0.783.